The van der Waals surface area contributed by atoms with E-state index in [2.05, 4.69) is 70.0 Å². The van der Waals surface area contributed by atoms with Crippen LogP contribution in [0.3, 0.4) is 0 Å². The van der Waals surface area contributed by atoms with Crippen LogP contribution in [0.1, 0.15) is 46.5 Å². The lowest BCUT2D eigenvalue weighted by molar-refractivity contribution is 0.113. The van der Waals surface area contributed by atoms with Gasteiger partial charge in [0.15, 0.2) is 0 Å². The average Bonchev–Trinajstić information content (AvgIpc) is 2.84. The van der Waals surface area contributed by atoms with E-state index in [4.69, 9.17) is 11.6 Å². The van der Waals surface area contributed by atoms with Crippen LogP contribution in [0.5, 0.6) is 0 Å². The third-order valence-electron chi connectivity index (χ3n) is 5.96. The molecule has 4 rings (SSSR count). The summed E-state index contributed by atoms with van der Waals surface area (Å²) in [6.45, 7) is 7.05. The molecule has 0 aromatic carbocycles. The van der Waals surface area contributed by atoms with Crippen LogP contribution in [0.15, 0.2) is 18.3 Å². The van der Waals surface area contributed by atoms with Gasteiger partial charge in [-0.2, -0.15) is 0 Å². The van der Waals surface area contributed by atoms with Crippen molar-refractivity contribution in [1.82, 2.24) is 15.3 Å². The zero-order valence-corrected chi connectivity index (χ0v) is 17.8. The second-order valence-electron chi connectivity index (χ2n) is 8.51. The molecule has 0 radical (unpaired) electrons. The Balaban J connectivity index is 1.67. The van der Waals surface area contributed by atoms with Crippen LogP contribution in [0.2, 0.25) is 5.15 Å². The first-order chi connectivity index (χ1) is 11.8. The maximum atomic E-state index is 6.25. The molecule has 3 atom stereocenters. The Hall–Kier alpha value is -0.660. The van der Waals surface area contributed by atoms with E-state index >= 15 is 0 Å². The minimum absolute atomic E-state index is 0.203. The van der Waals surface area contributed by atoms with E-state index in [1.807, 2.05) is 12.3 Å². The molecule has 0 amide bonds. The fourth-order valence-electron chi connectivity index (χ4n) is 4.52. The van der Waals surface area contributed by atoms with Crippen LogP contribution in [0.4, 0.5) is 5.82 Å². The van der Waals surface area contributed by atoms with Gasteiger partial charge in [0.2, 0.25) is 0 Å². The Labute approximate surface area is 167 Å². The van der Waals surface area contributed by atoms with Gasteiger partial charge in [-0.05, 0) is 59.8 Å². The van der Waals surface area contributed by atoms with Gasteiger partial charge in [-0.1, -0.05) is 32.4 Å². The van der Waals surface area contributed by atoms with Crippen LogP contribution in [0.25, 0.3) is 10.9 Å². The maximum absolute atomic E-state index is 6.25. The minimum Gasteiger partial charge on any atom is -0.367 e. The van der Waals surface area contributed by atoms with Crippen molar-refractivity contribution in [3.8, 4) is 0 Å². The molecule has 2 fully saturated rings. The van der Waals surface area contributed by atoms with Crippen LogP contribution in [-0.4, -0.2) is 27.6 Å². The normalized spacial score (nSPS) is 29.2. The molecule has 2 saturated heterocycles. The van der Waals surface area contributed by atoms with Gasteiger partial charge in [0, 0.05) is 38.8 Å². The van der Waals surface area contributed by atoms with Gasteiger partial charge in [0.05, 0.1) is 5.52 Å². The molecule has 2 N–H and O–H groups in total. The van der Waals surface area contributed by atoms with Crippen molar-refractivity contribution < 1.29 is 0 Å². The molecular weight excluding hydrogens is 447 g/mol. The monoisotopic (exact) mass is 470 g/mol. The molecule has 2 aliphatic rings. The first-order valence-electron chi connectivity index (χ1n) is 8.92. The Bertz CT molecular complexity index is 819. The van der Waals surface area contributed by atoms with E-state index in [0.717, 1.165) is 33.1 Å². The maximum Gasteiger partial charge on any atom is 0.137 e. The van der Waals surface area contributed by atoms with Crippen molar-refractivity contribution in [2.75, 3.05) is 5.32 Å². The van der Waals surface area contributed by atoms with Gasteiger partial charge >= 0.3 is 0 Å². The van der Waals surface area contributed by atoms with E-state index in [1.165, 1.54) is 12.8 Å². The van der Waals surface area contributed by atoms with Crippen LogP contribution in [-0.2, 0) is 0 Å². The number of pyridine rings is 2. The summed E-state index contributed by atoms with van der Waals surface area (Å²) in [5.41, 5.74) is 1.34. The number of piperidine rings is 1. The number of hydrogen-bond acceptors (Lipinski definition) is 4. The van der Waals surface area contributed by atoms with Crippen molar-refractivity contribution in [3.63, 3.8) is 0 Å². The summed E-state index contributed by atoms with van der Waals surface area (Å²) in [5.74, 6) is 0.865. The zero-order chi connectivity index (χ0) is 17.8. The van der Waals surface area contributed by atoms with Crippen molar-refractivity contribution in [2.45, 2.75) is 64.1 Å². The zero-order valence-electron chi connectivity index (χ0n) is 14.9. The standard InChI is InChI=1S/C19H24ClIN4/c1-18(2,3)19-5-4-12(25-19)7-13(9-19)23-17-14-6-11(21)10-22-15(14)8-16(20)24-17/h6,8,10,12-13,25H,4-5,7,9H2,1-3H3,(H,23,24)/t12-,13-,19+/m0/s1. The van der Waals surface area contributed by atoms with Crippen molar-refractivity contribution in [1.29, 1.82) is 0 Å². The summed E-state index contributed by atoms with van der Waals surface area (Å²) in [6, 6.07) is 4.96. The van der Waals surface area contributed by atoms with Gasteiger partial charge in [-0.3, -0.25) is 4.98 Å². The molecule has 6 heteroatoms. The molecule has 0 saturated carbocycles. The number of rotatable bonds is 2. The van der Waals surface area contributed by atoms with Gasteiger partial charge in [0.1, 0.15) is 11.0 Å². The molecule has 2 aromatic rings. The Morgan fingerprint density at radius 2 is 2.16 bits per heavy atom. The number of hydrogen-bond donors (Lipinski definition) is 2. The summed E-state index contributed by atoms with van der Waals surface area (Å²) in [6.07, 6.45) is 6.62. The fraction of sp³-hybridized carbons (Fsp3) is 0.579. The summed E-state index contributed by atoms with van der Waals surface area (Å²) >= 11 is 8.54. The highest BCUT2D eigenvalue weighted by Crippen LogP contribution is 2.47. The average molecular weight is 471 g/mol. The SMILES string of the molecule is CC(C)(C)[C@@]12CC[C@@H](C[C@H](Nc3nc(Cl)cc4ncc(I)cc34)C1)N2. The van der Waals surface area contributed by atoms with E-state index < -0.39 is 0 Å². The molecule has 0 spiro atoms. The fourth-order valence-corrected chi connectivity index (χ4v) is 5.16. The number of anilines is 1. The van der Waals surface area contributed by atoms with Gasteiger partial charge < -0.3 is 10.6 Å². The molecule has 2 aromatic heterocycles. The molecule has 4 nitrogen and oxygen atoms in total. The highest BCUT2D eigenvalue weighted by atomic mass is 127. The van der Waals surface area contributed by atoms with Crippen LogP contribution < -0.4 is 10.6 Å². The summed E-state index contributed by atoms with van der Waals surface area (Å²) < 4.78 is 1.11. The molecular formula is C19H24ClIN4. The van der Waals surface area contributed by atoms with Crippen molar-refractivity contribution >= 4 is 50.9 Å². The van der Waals surface area contributed by atoms with Crippen molar-refractivity contribution in [3.05, 3.63) is 27.1 Å². The lowest BCUT2D eigenvalue weighted by Gasteiger charge is -2.48. The second-order valence-corrected chi connectivity index (χ2v) is 10.1. The van der Waals surface area contributed by atoms with E-state index in [9.17, 15) is 0 Å². The molecule has 0 unspecified atom stereocenters. The number of nitrogens with one attached hydrogen (secondary N) is 2. The topological polar surface area (TPSA) is 49.8 Å². The number of nitrogens with zero attached hydrogens (tertiary/aromatic N) is 2. The molecule has 2 aliphatic heterocycles. The predicted molar refractivity (Wildman–Crippen MR) is 112 cm³/mol. The summed E-state index contributed by atoms with van der Waals surface area (Å²) in [4.78, 5) is 9.09. The third-order valence-corrected chi connectivity index (χ3v) is 6.74. The second kappa shape index (κ2) is 6.20. The largest absolute Gasteiger partial charge is 0.367 e. The van der Waals surface area contributed by atoms with Crippen LogP contribution in [0, 0.1) is 8.99 Å². The van der Waals surface area contributed by atoms with E-state index in [0.29, 0.717) is 17.2 Å². The Morgan fingerprint density at radius 3 is 2.92 bits per heavy atom. The highest BCUT2D eigenvalue weighted by molar-refractivity contribution is 14.1. The summed E-state index contributed by atoms with van der Waals surface area (Å²) in [7, 11) is 0. The number of fused-ring (bicyclic) bond motifs is 3. The third kappa shape index (κ3) is 3.23. The van der Waals surface area contributed by atoms with Crippen molar-refractivity contribution in [2.24, 2.45) is 5.41 Å². The molecule has 2 bridgehead atoms. The van der Waals surface area contributed by atoms with E-state index in [-0.39, 0.29) is 11.0 Å². The predicted octanol–water partition coefficient (Wildman–Crippen LogP) is 5.00. The number of halogens is 2. The lowest BCUT2D eigenvalue weighted by atomic mass is 9.68. The van der Waals surface area contributed by atoms with Crippen LogP contribution >= 0.6 is 34.2 Å². The van der Waals surface area contributed by atoms with Gasteiger partial charge in [-0.25, -0.2) is 4.98 Å². The minimum atomic E-state index is 0.203. The van der Waals surface area contributed by atoms with Gasteiger partial charge in [-0.15, -0.1) is 0 Å². The Kier molecular flexibility index (Phi) is 4.40. The Morgan fingerprint density at radius 1 is 1.36 bits per heavy atom. The highest BCUT2D eigenvalue weighted by Gasteiger charge is 2.51. The first kappa shape index (κ1) is 17.7. The first-order valence-corrected chi connectivity index (χ1v) is 10.4. The molecule has 0 aliphatic carbocycles. The van der Waals surface area contributed by atoms with E-state index in [1.54, 1.807) is 0 Å². The quantitative estimate of drug-likeness (QED) is 0.479. The molecule has 25 heavy (non-hydrogen) atoms. The molecule has 4 heterocycles. The van der Waals surface area contributed by atoms with Gasteiger partial charge in [0.25, 0.3) is 0 Å². The lowest BCUT2D eigenvalue weighted by Crippen LogP contribution is -2.59. The number of aromatic nitrogens is 2. The molecule has 134 valence electrons. The summed E-state index contributed by atoms with van der Waals surface area (Å²) in [5, 5.41) is 9.17. The smallest absolute Gasteiger partial charge is 0.137 e.